The Bertz CT molecular complexity index is 382. The number of aromatic carboxylic acids is 1. The summed E-state index contributed by atoms with van der Waals surface area (Å²) in [5.41, 5.74) is -0.0112. The number of anilines is 1. The van der Waals surface area contributed by atoms with Gasteiger partial charge in [-0.15, -0.1) is 0 Å². The van der Waals surface area contributed by atoms with Crippen molar-refractivity contribution in [1.82, 2.24) is 0 Å². The quantitative estimate of drug-likeness (QED) is 0.888. The van der Waals surface area contributed by atoms with Gasteiger partial charge in [-0.25, -0.2) is 9.18 Å². The van der Waals surface area contributed by atoms with E-state index < -0.39 is 11.8 Å². The zero-order valence-electron chi connectivity index (χ0n) is 8.18. The molecular formula is C10H11BrFNO2. The van der Waals surface area contributed by atoms with Crippen LogP contribution in [0.3, 0.4) is 0 Å². The molecule has 82 valence electrons. The minimum Gasteiger partial charge on any atom is -0.478 e. The highest BCUT2D eigenvalue weighted by molar-refractivity contribution is 9.10. The van der Waals surface area contributed by atoms with Gasteiger partial charge in [-0.2, -0.15) is 0 Å². The van der Waals surface area contributed by atoms with Crippen molar-refractivity contribution >= 4 is 27.6 Å². The van der Waals surface area contributed by atoms with E-state index in [1.54, 1.807) is 0 Å². The van der Waals surface area contributed by atoms with Gasteiger partial charge in [-0.1, -0.05) is 22.9 Å². The summed E-state index contributed by atoms with van der Waals surface area (Å²) >= 11 is 3.05. The molecule has 0 saturated carbocycles. The van der Waals surface area contributed by atoms with Crippen molar-refractivity contribution in [3.8, 4) is 0 Å². The Hall–Kier alpha value is -1.10. The maximum atomic E-state index is 13.4. The van der Waals surface area contributed by atoms with Crippen molar-refractivity contribution in [2.24, 2.45) is 0 Å². The highest BCUT2D eigenvalue weighted by atomic mass is 79.9. The Morgan fingerprint density at radius 1 is 1.60 bits per heavy atom. The highest BCUT2D eigenvalue weighted by Crippen LogP contribution is 2.25. The second-order valence-corrected chi connectivity index (χ2v) is 3.96. The first-order chi connectivity index (χ1) is 7.06. The Labute approximate surface area is 95.4 Å². The molecule has 0 spiro atoms. The topological polar surface area (TPSA) is 49.3 Å². The van der Waals surface area contributed by atoms with Gasteiger partial charge in [0.25, 0.3) is 0 Å². The van der Waals surface area contributed by atoms with Crippen molar-refractivity contribution in [3.63, 3.8) is 0 Å². The molecule has 0 aliphatic carbocycles. The molecule has 5 heteroatoms. The number of carboxylic acid groups (broad SMARTS) is 1. The Kier molecular flexibility index (Phi) is 4.08. The van der Waals surface area contributed by atoms with Gasteiger partial charge in [0, 0.05) is 11.0 Å². The Morgan fingerprint density at radius 2 is 2.27 bits per heavy atom. The van der Waals surface area contributed by atoms with Crippen molar-refractivity contribution in [2.75, 3.05) is 11.9 Å². The normalized spacial score (nSPS) is 10.1. The second-order valence-electron chi connectivity index (χ2n) is 3.04. The lowest BCUT2D eigenvalue weighted by Gasteiger charge is -2.10. The molecule has 0 aliphatic rings. The molecule has 0 saturated heterocycles. The van der Waals surface area contributed by atoms with Crippen molar-refractivity contribution in [1.29, 1.82) is 0 Å². The van der Waals surface area contributed by atoms with Crippen LogP contribution in [0.1, 0.15) is 23.7 Å². The maximum Gasteiger partial charge on any atom is 0.337 e. The number of carbonyl (C=O) groups is 1. The van der Waals surface area contributed by atoms with Crippen LogP contribution < -0.4 is 5.32 Å². The smallest absolute Gasteiger partial charge is 0.337 e. The molecular weight excluding hydrogens is 265 g/mol. The van der Waals surface area contributed by atoms with Gasteiger partial charge in [0.1, 0.15) is 5.82 Å². The van der Waals surface area contributed by atoms with E-state index in [9.17, 15) is 9.18 Å². The van der Waals surface area contributed by atoms with Gasteiger partial charge in [-0.3, -0.25) is 0 Å². The number of halogens is 2. The summed E-state index contributed by atoms with van der Waals surface area (Å²) < 4.78 is 13.9. The predicted octanol–water partition coefficient (Wildman–Crippen LogP) is 3.11. The van der Waals surface area contributed by atoms with E-state index in [1.807, 2.05) is 6.92 Å². The predicted molar refractivity (Wildman–Crippen MR) is 59.8 cm³/mol. The van der Waals surface area contributed by atoms with Crippen molar-refractivity contribution in [2.45, 2.75) is 13.3 Å². The van der Waals surface area contributed by atoms with Gasteiger partial charge >= 0.3 is 5.97 Å². The number of benzene rings is 1. The fraction of sp³-hybridized carbons (Fsp3) is 0.300. The Balaban J connectivity index is 3.15. The molecule has 0 heterocycles. The molecule has 0 amide bonds. The van der Waals surface area contributed by atoms with Crippen LogP contribution in [-0.4, -0.2) is 17.6 Å². The summed E-state index contributed by atoms with van der Waals surface area (Å²) in [6, 6.07) is 2.62. The molecule has 0 atom stereocenters. The average molecular weight is 276 g/mol. The lowest BCUT2D eigenvalue weighted by Crippen LogP contribution is -2.09. The molecule has 0 aliphatic heterocycles. The number of nitrogens with one attached hydrogen (secondary N) is 1. The molecule has 1 aromatic carbocycles. The summed E-state index contributed by atoms with van der Waals surface area (Å²) in [6.45, 7) is 2.46. The number of carboxylic acids is 1. The first-order valence-corrected chi connectivity index (χ1v) is 5.31. The molecule has 3 nitrogen and oxygen atoms in total. The van der Waals surface area contributed by atoms with Crippen LogP contribution in [-0.2, 0) is 0 Å². The first-order valence-electron chi connectivity index (χ1n) is 4.52. The van der Waals surface area contributed by atoms with E-state index in [1.165, 1.54) is 12.1 Å². The summed E-state index contributed by atoms with van der Waals surface area (Å²) in [5, 5.41) is 11.6. The minimum atomic E-state index is -1.14. The molecule has 0 aromatic heterocycles. The third kappa shape index (κ3) is 2.92. The maximum absolute atomic E-state index is 13.4. The van der Waals surface area contributed by atoms with Gasteiger partial charge in [0.05, 0.1) is 11.3 Å². The fourth-order valence-corrected chi connectivity index (χ4v) is 1.60. The molecule has 1 aromatic rings. The van der Waals surface area contributed by atoms with Gasteiger partial charge in [0.15, 0.2) is 0 Å². The van der Waals surface area contributed by atoms with Crippen LogP contribution >= 0.6 is 15.9 Å². The van der Waals surface area contributed by atoms with E-state index in [2.05, 4.69) is 21.2 Å². The van der Waals surface area contributed by atoms with Crippen LogP contribution in [0.4, 0.5) is 10.1 Å². The number of hydrogen-bond acceptors (Lipinski definition) is 2. The fourth-order valence-electron chi connectivity index (χ4n) is 1.17. The molecule has 15 heavy (non-hydrogen) atoms. The van der Waals surface area contributed by atoms with Crippen molar-refractivity contribution in [3.05, 3.63) is 28.0 Å². The monoisotopic (exact) mass is 275 g/mol. The Morgan fingerprint density at radius 3 is 2.80 bits per heavy atom. The molecule has 0 bridgehead atoms. The van der Waals surface area contributed by atoms with E-state index in [4.69, 9.17) is 5.11 Å². The van der Waals surface area contributed by atoms with Crippen LogP contribution in [0.2, 0.25) is 0 Å². The van der Waals surface area contributed by atoms with Crippen LogP contribution in [0.25, 0.3) is 0 Å². The number of hydrogen-bond donors (Lipinski definition) is 2. The number of rotatable bonds is 4. The zero-order chi connectivity index (χ0) is 11.4. The van der Waals surface area contributed by atoms with Gasteiger partial charge < -0.3 is 10.4 Å². The summed E-state index contributed by atoms with van der Waals surface area (Å²) in [6.07, 6.45) is 0.800. The lowest BCUT2D eigenvalue weighted by molar-refractivity contribution is 0.0697. The minimum absolute atomic E-state index is 0.0487. The third-order valence-electron chi connectivity index (χ3n) is 1.84. The van der Waals surface area contributed by atoms with Crippen molar-refractivity contribution < 1.29 is 14.3 Å². The average Bonchev–Trinajstić information content (AvgIpc) is 2.15. The molecule has 1 rings (SSSR count). The molecule has 0 fully saturated rings. The lowest BCUT2D eigenvalue weighted by atomic mass is 10.1. The molecule has 0 radical (unpaired) electrons. The van der Waals surface area contributed by atoms with Gasteiger partial charge in [-0.05, 0) is 18.6 Å². The summed E-state index contributed by atoms with van der Waals surface area (Å²) in [5.74, 6) is -1.70. The van der Waals surface area contributed by atoms with E-state index in [0.717, 1.165) is 6.42 Å². The highest BCUT2D eigenvalue weighted by Gasteiger charge is 2.15. The van der Waals surface area contributed by atoms with Crippen LogP contribution in [0.15, 0.2) is 16.6 Å². The second kappa shape index (κ2) is 5.11. The largest absolute Gasteiger partial charge is 0.478 e. The molecule has 0 unspecified atom stereocenters. The van der Waals surface area contributed by atoms with Crippen LogP contribution in [0.5, 0.6) is 0 Å². The van der Waals surface area contributed by atoms with E-state index >= 15 is 0 Å². The standard InChI is InChI=1S/C10H11BrFNO2/c1-2-3-13-9-7(10(14)15)4-6(11)5-8(9)12/h4-5,13H,2-3H2,1H3,(H,14,15). The van der Waals surface area contributed by atoms with E-state index in [-0.39, 0.29) is 11.3 Å². The summed E-state index contributed by atoms with van der Waals surface area (Å²) in [4.78, 5) is 10.9. The molecule has 2 N–H and O–H groups in total. The van der Waals surface area contributed by atoms with Crippen LogP contribution in [0, 0.1) is 5.82 Å². The SMILES string of the molecule is CCCNc1c(F)cc(Br)cc1C(=O)O. The summed E-state index contributed by atoms with van der Waals surface area (Å²) in [7, 11) is 0. The third-order valence-corrected chi connectivity index (χ3v) is 2.30. The van der Waals surface area contributed by atoms with E-state index in [0.29, 0.717) is 11.0 Å². The first kappa shape index (κ1) is 12.0. The van der Waals surface area contributed by atoms with Gasteiger partial charge in [0.2, 0.25) is 0 Å². The zero-order valence-corrected chi connectivity index (χ0v) is 9.77.